The van der Waals surface area contributed by atoms with Gasteiger partial charge in [0.1, 0.15) is 12.0 Å². The van der Waals surface area contributed by atoms with E-state index in [9.17, 15) is 4.79 Å². The number of amides is 1. The zero-order valence-electron chi connectivity index (χ0n) is 10.9. The SMILES string of the molecule is CCCC(C)NC(=O)c1coc(-c2[nH]cnc2N)n1. The van der Waals surface area contributed by atoms with Crippen molar-refractivity contribution in [1.82, 2.24) is 20.3 Å². The number of anilines is 1. The van der Waals surface area contributed by atoms with Gasteiger partial charge in [-0.2, -0.15) is 0 Å². The average molecular weight is 263 g/mol. The van der Waals surface area contributed by atoms with Gasteiger partial charge in [-0.05, 0) is 13.3 Å². The molecule has 0 aliphatic rings. The molecular weight excluding hydrogens is 246 g/mol. The van der Waals surface area contributed by atoms with Crippen LogP contribution in [-0.2, 0) is 0 Å². The molecule has 0 aromatic carbocycles. The first kappa shape index (κ1) is 13.1. The van der Waals surface area contributed by atoms with Crippen molar-refractivity contribution >= 4 is 11.7 Å². The summed E-state index contributed by atoms with van der Waals surface area (Å²) < 4.78 is 5.23. The van der Waals surface area contributed by atoms with Crippen LogP contribution in [0.25, 0.3) is 11.6 Å². The van der Waals surface area contributed by atoms with E-state index >= 15 is 0 Å². The zero-order chi connectivity index (χ0) is 13.8. The van der Waals surface area contributed by atoms with Gasteiger partial charge < -0.3 is 20.5 Å². The van der Waals surface area contributed by atoms with Crippen LogP contribution < -0.4 is 11.1 Å². The third-order valence-electron chi connectivity index (χ3n) is 2.72. The van der Waals surface area contributed by atoms with Gasteiger partial charge in [0.2, 0.25) is 5.89 Å². The van der Waals surface area contributed by atoms with Gasteiger partial charge in [0.05, 0.1) is 6.33 Å². The van der Waals surface area contributed by atoms with E-state index in [4.69, 9.17) is 10.2 Å². The number of nitrogens with one attached hydrogen (secondary N) is 2. The fourth-order valence-corrected chi connectivity index (χ4v) is 1.77. The van der Waals surface area contributed by atoms with Crippen molar-refractivity contribution in [3.05, 3.63) is 18.3 Å². The van der Waals surface area contributed by atoms with E-state index < -0.39 is 0 Å². The van der Waals surface area contributed by atoms with Gasteiger partial charge >= 0.3 is 0 Å². The number of nitrogens with zero attached hydrogens (tertiary/aromatic N) is 2. The average Bonchev–Trinajstić information content (AvgIpc) is 2.97. The molecule has 1 amide bonds. The number of oxazole rings is 1. The molecule has 2 aromatic rings. The second-order valence-corrected chi connectivity index (χ2v) is 4.36. The van der Waals surface area contributed by atoms with Crippen LogP contribution in [0.4, 0.5) is 5.82 Å². The first-order chi connectivity index (χ1) is 9.11. The number of aromatic amines is 1. The number of nitrogens with two attached hydrogens (primary N) is 1. The highest BCUT2D eigenvalue weighted by molar-refractivity contribution is 5.92. The minimum Gasteiger partial charge on any atom is -0.442 e. The largest absolute Gasteiger partial charge is 0.442 e. The summed E-state index contributed by atoms with van der Waals surface area (Å²) in [7, 11) is 0. The van der Waals surface area contributed by atoms with Crippen LogP contribution in [0.2, 0.25) is 0 Å². The molecule has 19 heavy (non-hydrogen) atoms. The minimum absolute atomic E-state index is 0.106. The lowest BCUT2D eigenvalue weighted by Crippen LogP contribution is -2.32. The summed E-state index contributed by atoms with van der Waals surface area (Å²) in [6.45, 7) is 4.02. The lowest BCUT2D eigenvalue weighted by atomic mass is 10.2. The summed E-state index contributed by atoms with van der Waals surface area (Å²) in [6, 6.07) is 0.106. The topological polar surface area (TPSA) is 110 Å². The van der Waals surface area contributed by atoms with Crippen molar-refractivity contribution < 1.29 is 9.21 Å². The molecule has 0 aliphatic carbocycles. The molecule has 1 unspecified atom stereocenters. The molecule has 0 saturated heterocycles. The highest BCUT2D eigenvalue weighted by Crippen LogP contribution is 2.20. The van der Waals surface area contributed by atoms with Crippen molar-refractivity contribution in [3.8, 4) is 11.6 Å². The Balaban J connectivity index is 2.09. The highest BCUT2D eigenvalue weighted by Gasteiger charge is 2.17. The van der Waals surface area contributed by atoms with E-state index in [1.54, 1.807) is 0 Å². The first-order valence-corrected chi connectivity index (χ1v) is 6.17. The highest BCUT2D eigenvalue weighted by atomic mass is 16.3. The maximum atomic E-state index is 11.9. The number of H-pyrrole nitrogens is 1. The van der Waals surface area contributed by atoms with Gasteiger partial charge in [-0.25, -0.2) is 9.97 Å². The number of hydrogen-bond donors (Lipinski definition) is 3. The molecule has 7 nitrogen and oxygen atoms in total. The molecular formula is C12H17N5O2. The molecule has 0 saturated carbocycles. The third kappa shape index (κ3) is 2.93. The number of carbonyl (C=O) groups is 1. The molecule has 7 heteroatoms. The predicted octanol–water partition coefficient (Wildman–Crippen LogP) is 1.57. The van der Waals surface area contributed by atoms with E-state index in [-0.39, 0.29) is 29.4 Å². The van der Waals surface area contributed by atoms with Crippen molar-refractivity contribution in [1.29, 1.82) is 0 Å². The Bertz CT molecular complexity index is 560. The van der Waals surface area contributed by atoms with Gasteiger partial charge in [-0.1, -0.05) is 13.3 Å². The van der Waals surface area contributed by atoms with Crippen molar-refractivity contribution in [2.45, 2.75) is 32.7 Å². The quantitative estimate of drug-likeness (QED) is 0.758. The van der Waals surface area contributed by atoms with Crippen molar-refractivity contribution in [3.63, 3.8) is 0 Å². The van der Waals surface area contributed by atoms with Crippen LogP contribution in [0.3, 0.4) is 0 Å². The Kier molecular flexibility index (Phi) is 3.84. The maximum absolute atomic E-state index is 11.9. The molecule has 0 radical (unpaired) electrons. The Hall–Kier alpha value is -2.31. The molecule has 2 aromatic heterocycles. The smallest absolute Gasteiger partial charge is 0.273 e. The summed E-state index contributed by atoms with van der Waals surface area (Å²) >= 11 is 0. The summed E-state index contributed by atoms with van der Waals surface area (Å²) in [5.74, 6) is 0.283. The van der Waals surface area contributed by atoms with E-state index in [0.717, 1.165) is 12.8 Å². The summed E-state index contributed by atoms with van der Waals surface area (Å²) in [5, 5.41) is 2.85. The molecule has 2 heterocycles. The van der Waals surface area contributed by atoms with Gasteiger partial charge in [-0.3, -0.25) is 4.79 Å². The second-order valence-electron chi connectivity index (χ2n) is 4.36. The van der Waals surface area contributed by atoms with Crippen LogP contribution in [-0.4, -0.2) is 26.9 Å². The van der Waals surface area contributed by atoms with Crippen LogP contribution in [0.5, 0.6) is 0 Å². The fourth-order valence-electron chi connectivity index (χ4n) is 1.77. The molecule has 0 aliphatic heterocycles. The van der Waals surface area contributed by atoms with Gasteiger partial charge in [0.25, 0.3) is 5.91 Å². The molecule has 102 valence electrons. The third-order valence-corrected chi connectivity index (χ3v) is 2.72. The molecule has 0 bridgehead atoms. The van der Waals surface area contributed by atoms with E-state index in [1.165, 1.54) is 12.6 Å². The number of carbonyl (C=O) groups excluding carboxylic acids is 1. The van der Waals surface area contributed by atoms with E-state index in [0.29, 0.717) is 5.69 Å². The van der Waals surface area contributed by atoms with Crippen molar-refractivity contribution in [2.24, 2.45) is 0 Å². The summed E-state index contributed by atoms with van der Waals surface area (Å²) in [5.41, 5.74) is 6.34. The Labute approximate surface area is 110 Å². The summed E-state index contributed by atoms with van der Waals surface area (Å²) in [6.07, 6.45) is 4.68. The van der Waals surface area contributed by atoms with Gasteiger partial charge in [-0.15, -0.1) is 0 Å². The standard InChI is InChI=1S/C12H17N5O2/c1-3-4-7(2)16-11(18)8-5-19-12(17-8)9-10(13)15-6-14-9/h5-7H,3-4,13H2,1-2H3,(H,14,15)(H,16,18). The Morgan fingerprint density at radius 3 is 3.05 bits per heavy atom. The Morgan fingerprint density at radius 2 is 2.42 bits per heavy atom. The zero-order valence-corrected chi connectivity index (χ0v) is 10.9. The predicted molar refractivity (Wildman–Crippen MR) is 70.3 cm³/mol. The summed E-state index contributed by atoms with van der Waals surface area (Å²) in [4.78, 5) is 22.7. The first-order valence-electron chi connectivity index (χ1n) is 6.17. The lowest BCUT2D eigenvalue weighted by Gasteiger charge is -2.10. The normalized spacial score (nSPS) is 12.3. The number of nitrogen functional groups attached to an aromatic ring is 1. The monoisotopic (exact) mass is 263 g/mol. The van der Waals surface area contributed by atoms with Crippen LogP contribution in [0, 0.1) is 0 Å². The number of aromatic nitrogens is 3. The molecule has 2 rings (SSSR count). The van der Waals surface area contributed by atoms with Crippen LogP contribution >= 0.6 is 0 Å². The fraction of sp³-hybridized carbons (Fsp3) is 0.417. The van der Waals surface area contributed by atoms with Crippen LogP contribution in [0.1, 0.15) is 37.2 Å². The minimum atomic E-state index is -0.256. The molecule has 0 spiro atoms. The number of imidazole rings is 1. The second kappa shape index (κ2) is 5.55. The van der Waals surface area contributed by atoms with Crippen LogP contribution in [0.15, 0.2) is 17.0 Å². The molecule has 1 atom stereocenters. The lowest BCUT2D eigenvalue weighted by molar-refractivity contribution is 0.0933. The van der Waals surface area contributed by atoms with Gasteiger partial charge in [0, 0.05) is 6.04 Å². The van der Waals surface area contributed by atoms with Crippen molar-refractivity contribution in [2.75, 3.05) is 5.73 Å². The number of rotatable bonds is 5. The molecule has 0 fully saturated rings. The van der Waals surface area contributed by atoms with E-state index in [2.05, 4.69) is 27.2 Å². The number of hydrogen-bond acceptors (Lipinski definition) is 5. The van der Waals surface area contributed by atoms with E-state index in [1.807, 2.05) is 6.92 Å². The Morgan fingerprint density at radius 1 is 1.63 bits per heavy atom. The van der Waals surface area contributed by atoms with Gasteiger partial charge in [0.15, 0.2) is 11.5 Å². The maximum Gasteiger partial charge on any atom is 0.273 e. The molecule has 4 N–H and O–H groups in total.